The van der Waals surface area contributed by atoms with Gasteiger partial charge in [0, 0.05) is 22.9 Å². The molecule has 2 N–H and O–H groups in total. The number of nitrogens with one attached hydrogen (secondary N) is 1. The molecule has 0 aliphatic carbocycles. The van der Waals surface area contributed by atoms with Gasteiger partial charge in [0.25, 0.3) is 0 Å². The highest BCUT2D eigenvalue weighted by molar-refractivity contribution is 6.32. The molecule has 0 spiro atoms. The third kappa shape index (κ3) is 7.99. The highest BCUT2D eigenvalue weighted by Crippen LogP contribution is 2.38. The molecule has 0 amide bonds. The Morgan fingerprint density at radius 3 is 2.28 bits per heavy atom. The summed E-state index contributed by atoms with van der Waals surface area (Å²) in [5.74, 6) is 2.04. The number of aliphatic hydroxyl groups is 1. The van der Waals surface area contributed by atoms with Gasteiger partial charge in [-0.15, -0.1) is 0 Å². The second kappa shape index (κ2) is 13.5. The van der Waals surface area contributed by atoms with Crippen LogP contribution in [0.1, 0.15) is 98.6 Å². The van der Waals surface area contributed by atoms with E-state index in [1.807, 2.05) is 19.9 Å². The van der Waals surface area contributed by atoms with E-state index in [-0.39, 0.29) is 18.1 Å². The van der Waals surface area contributed by atoms with E-state index in [0.29, 0.717) is 17.5 Å². The van der Waals surface area contributed by atoms with Crippen molar-refractivity contribution in [3.8, 4) is 5.75 Å². The van der Waals surface area contributed by atoms with Crippen LogP contribution < -0.4 is 10.1 Å². The highest BCUT2D eigenvalue weighted by Gasteiger charge is 2.33. The van der Waals surface area contributed by atoms with E-state index in [2.05, 4.69) is 59.8 Å². The lowest BCUT2D eigenvalue weighted by atomic mass is 9.74. The van der Waals surface area contributed by atoms with Crippen LogP contribution in [-0.2, 0) is 0 Å². The zero-order chi connectivity index (χ0) is 24.5. The number of benzene rings is 1. The molecular weight excluding hydrogens is 418 g/mol. The monoisotopic (exact) mass is 465 g/mol. The van der Waals surface area contributed by atoms with Crippen molar-refractivity contribution in [2.45, 2.75) is 100 Å². The molecule has 4 heteroatoms. The van der Waals surface area contributed by atoms with Crippen LogP contribution >= 0.6 is 11.6 Å². The van der Waals surface area contributed by atoms with Gasteiger partial charge < -0.3 is 15.2 Å². The van der Waals surface area contributed by atoms with Crippen LogP contribution in [0.15, 0.2) is 17.7 Å². The maximum Gasteiger partial charge on any atom is 0.141 e. The number of hydrogen-bond donors (Lipinski definition) is 2. The molecule has 1 aromatic rings. The fraction of sp³-hybridized carbons (Fsp3) is 0.714. The highest BCUT2D eigenvalue weighted by atomic mass is 35.5. The van der Waals surface area contributed by atoms with Crippen LogP contribution in [0.4, 0.5) is 0 Å². The zero-order valence-electron chi connectivity index (χ0n) is 22.1. The Hall–Kier alpha value is -1.19. The van der Waals surface area contributed by atoms with Crippen molar-refractivity contribution in [1.29, 1.82) is 0 Å². The molecule has 0 aromatic heterocycles. The minimum absolute atomic E-state index is 0.0105. The topological polar surface area (TPSA) is 41.5 Å². The predicted octanol–water partition coefficient (Wildman–Crippen LogP) is 8.02. The molecule has 3 atom stereocenters. The molecule has 1 rings (SSSR count). The van der Waals surface area contributed by atoms with Gasteiger partial charge >= 0.3 is 0 Å². The van der Waals surface area contributed by atoms with Crippen molar-refractivity contribution >= 4 is 17.3 Å². The van der Waals surface area contributed by atoms with Gasteiger partial charge in [-0.1, -0.05) is 78.5 Å². The quantitative estimate of drug-likeness (QED) is 0.310. The van der Waals surface area contributed by atoms with Crippen LogP contribution in [0.25, 0.3) is 5.70 Å². The molecule has 0 aliphatic heterocycles. The SMILES string of the molecule is CCCC(CCC(C)CC)C(N/C(=C(\C)CO)c1ccc(Cl)c(OCC)c1C)C(C)(C)C. The first kappa shape index (κ1) is 28.8. The number of aliphatic hydroxyl groups excluding tert-OH is 1. The molecule has 1 aromatic carbocycles. The molecule has 184 valence electrons. The summed E-state index contributed by atoms with van der Waals surface area (Å²) in [5, 5.41) is 14.7. The second-order valence-corrected chi connectivity index (χ2v) is 10.8. The van der Waals surface area contributed by atoms with E-state index < -0.39 is 0 Å². The summed E-state index contributed by atoms with van der Waals surface area (Å²) in [4.78, 5) is 0. The van der Waals surface area contributed by atoms with Gasteiger partial charge in [-0.3, -0.25) is 0 Å². The third-order valence-electron chi connectivity index (χ3n) is 6.67. The van der Waals surface area contributed by atoms with Crippen molar-refractivity contribution < 1.29 is 9.84 Å². The standard InChI is InChI=1S/C28H48ClNO2/c1-10-13-22(15-14-19(4)11-2)27(28(7,8)9)30-25(20(5)18-31)23-16-17-24(29)26(21(23)6)32-12-3/h16-17,19,22,27,30-31H,10-15,18H2,1-9H3/b25-20+. The summed E-state index contributed by atoms with van der Waals surface area (Å²) < 4.78 is 5.86. The van der Waals surface area contributed by atoms with Crippen LogP contribution in [0.2, 0.25) is 5.02 Å². The zero-order valence-corrected chi connectivity index (χ0v) is 22.8. The van der Waals surface area contributed by atoms with E-state index in [4.69, 9.17) is 16.3 Å². The third-order valence-corrected chi connectivity index (χ3v) is 6.97. The Morgan fingerprint density at radius 2 is 1.78 bits per heavy atom. The number of rotatable bonds is 13. The van der Waals surface area contributed by atoms with Crippen molar-refractivity contribution in [2.24, 2.45) is 17.3 Å². The van der Waals surface area contributed by atoms with E-state index in [1.54, 1.807) is 0 Å². The molecule has 0 fully saturated rings. The van der Waals surface area contributed by atoms with Crippen molar-refractivity contribution in [3.63, 3.8) is 0 Å². The van der Waals surface area contributed by atoms with Crippen LogP contribution in [0.5, 0.6) is 5.75 Å². The van der Waals surface area contributed by atoms with Crippen molar-refractivity contribution in [1.82, 2.24) is 5.32 Å². The van der Waals surface area contributed by atoms with Gasteiger partial charge in [0.2, 0.25) is 0 Å². The van der Waals surface area contributed by atoms with Gasteiger partial charge in [0.1, 0.15) is 5.75 Å². The summed E-state index contributed by atoms with van der Waals surface area (Å²) in [6.45, 7) is 20.5. The fourth-order valence-corrected chi connectivity index (χ4v) is 4.77. The second-order valence-electron chi connectivity index (χ2n) is 10.4. The molecule has 0 bridgehead atoms. The lowest BCUT2D eigenvalue weighted by Gasteiger charge is -2.40. The van der Waals surface area contributed by atoms with E-state index in [0.717, 1.165) is 34.1 Å². The number of hydrogen-bond acceptors (Lipinski definition) is 3. The Kier molecular flexibility index (Phi) is 12.2. The van der Waals surface area contributed by atoms with Crippen molar-refractivity contribution in [3.05, 3.63) is 33.9 Å². The largest absolute Gasteiger partial charge is 0.492 e. The minimum Gasteiger partial charge on any atom is -0.492 e. The van der Waals surface area contributed by atoms with Gasteiger partial charge in [-0.05, 0) is 62.5 Å². The predicted molar refractivity (Wildman–Crippen MR) is 141 cm³/mol. The smallest absolute Gasteiger partial charge is 0.141 e. The average molecular weight is 466 g/mol. The molecular formula is C28H48ClNO2. The first-order valence-corrected chi connectivity index (χ1v) is 12.9. The molecule has 3 unspecified atom stereocenters. The Balaban J connectivity index is 3.47. The molecule has 0 aliphatic rings. The molecule has 0 saturated carbocycles. The molecule has 0 heterocycles. The molecule has 0 radical (unpaired) electrons. The Labute approximate surface area is 203 Å². The number of ether oxygens (including phenoxy) is 1. The first-order chi connectivity index (χ1) is 15.0. The average Bonchev–Trinajstić information content (AvgIpc) is 2.74. The molecule has 0 saturated heterocycles. The van der Waals surface area contributed by atoms with Crippen LogP contribution in [0, 0.1) is 24.2 Å². The van der Waals surface area contributed by atoms with Crippen molar-refractivity contribution in [2.75, 3.05) is 13.2 Å². The number of halogens is 1. The normalized spacial score (nSPS) is 15.7. The summed E-state index contributed by atoms with van der Waals surface area (Å²) in [6, 6.07) is 4.24. The molecule has 32 heavy (non-hydrogen) atoms. The Morgan fingerprint density at radius 1 is 1.12 bits per heavy atom. The maximum absolute atomic E-state index is 10.1. The maximum atomic E-state index is 10.1. The lowest BCUT2D eigenvalue weighted by molar-refractivity contribution is 0.185. The minimum atomic E-state index is 0.0105. The van der Waals surface area contributed by atoms with Gasteiger partial charge in [0.05, 0.1) is 18.2 Å². The summed E-state index contributed by atoms with van der Waals surface area (Å²) >= 11 is 6.44. The summed E-state index contributed by atoms with van der Waals surface area (Å²) in [7, 11) is 0. The summed E-state index contributed by atoms with van der Waals surface area (Å²) in [6.07, 6.45) is 6.06. The van der Waals surface area contributed by atoms with E-state index in [1.165, 1.54) is 32.1 Å². The van der Waals surface area contributed by atoms with Gasteiger partial charge in [-0.2, -0.15) is 0 Å². The Bertz CT molecular complexity index is 736. The van der Waals surface area contributed by atoms with E-state index in [9.17, 15) is 5.11 Å². The van der Waals surface area contributed by atoms with Crippen LogP contribution in [-0.4, -0.2) is 24.4 Å². The molecule has 3 nitrogen and oxygen atoms in total. The summed E-state index contributed by atoms with van der Waals surface area (Å²) in [5.41, 5.74) is 4.07. The van der Waals surface area contributed by atoms with Gasteiger partial charge in [0.15, 0.2) is 0 Å². The van der Waals surface area contributed by atoms with E-state index >= 15 is 0 Å². The van der Waals surface area contributed by atoms with Crippen LogP contribution in [0.3, 0.4) is 0 Å². The lowest BCUT2D eigenvalue weighted by Crippen LogP contribution is -2.45. The van der Waals surface area contributed by atoms with Gasteiger partial charge in [-0.25, -0.2) is 0 Å². The first-order valence-electron chi connectivity index (χ1n) is 12.5. The fourth-order valence-electron chi connectivity index (χ4n) is 4.51.